The number of hydrogen-bond donors (Lipinski definition) is 2. The molecule has 0 aliphatic carbocycles. The number of nitrogens with one attached hydrogen (secondary N) is 1. The Bertz CT molecular complexity index is 451. The van der Waals surface area contributed by atoms with E-state index < -0.39 is 0 Å². The maximum atomic E-state index is 10.6. The van der Waals surface area contributed by atoms with Crippen molar-refractivity contribution < 1.29 is 14.3 Å². The Morgan fingerprint density at radius 3 is 2.48 bits per heavy atom. The Hall–Kier alpha value is -1.75. The minimum Gasteiger partial charge on any atom is -0.493 e. The summed E-state index contributed by atoms with van der Waals surface area (Å²) in [5.74, 6) is 0.395. The lowest BCUT2D eigenvalue weighted by Crippen LogP contribution is -2.36. The molecule has 0 aromatic heterocycles. The Balaban J connectivity index is 1.83. The number of amides is 1. The molecule has 2 unspecified atom stereocenters. The highest BCUT2D eigenvalue weighted by molar-refractivity contribution is 5.73. The molecule has 2 atom stereocenters. The molecule has 0 radical (unpaired) electrons. The fourth-order valence-electron chi connectivity index (χ4n) is 2.68. The van der Waals surface area contributed by atoms with Crippen LogP contribution in [0.15, 0.2) is 24.3 Å². The minimum atomic E-state index is -0.351. The number of benzene rings is 1. The van der Waals surface area contributed by atoms with Crippen LogP contribution in [0.25, 0.3) is 0 Å². The molecule has 116 valence electrons. The van der Waals surface area contributed by atoms with Gasteiger partial charge in [-0.2, -0.15) is 0 Å². The molecule has 0 bridgehead atoms. The zero-order valence-corrected chi connectivity index (χ0v) is 12.7. The molecule has 1 aromatic rings. The van der Waals surface area contributed by atoms with Gasteiger partial charge >= 0.3 is 0 Å². The normalized spacial score (nSPS) is 25.3. The topological polar surface area (TPSA) is 73.6 Å². The summed E-state index contributed by atoms with van der Waals surface area (Å²) < 4.78 is 11.2. The van der Waals surface area contributed by atoms with E-state index in [4.69, 9.17) is 15.2 Å². The molecule has 0 spiro atoms. The lowest BCUT2D eigenvalue weighted by atomic mass is 9.99. The van der Waals surface area contributed by atoms with Crippen molar-refractivity contribution in [1.82, 2.24) is 0 Å². The summed E-state index contributed by atoms with van der Waals surface area (Å²) in [7, 11) is 0. The van der Waals surface area contributed by atoms with Crippen LogP contribution < -0.4 is 15.8 Å². The van der Waals surface area contributed by atoms with Gasteiger partial charge in [0.25, 0.3) is 0 Å². The molecule has 1 aliphatic heterocycles. The molecule has 1 saturated heterocycles. The van der Waals surface area contributed by atoms with E-state index in [9.17, 15) is 4.79 Å². The molecule has 3 N–H and O–H groups in total. The lowest BCUT2D eigenvalue weighted by molar-refractivity contribution is -0.118. The van der Waals surface area contributed by atoms with Crippen LogP contribution >= 0.6 is 0 Å². The van der Waals surface area contributed by atoms with Crippen molar-refractivity contribution in [3.05, 3.63) is 24.3 Å². The monoisotopic (exact) mass is 292 g/mol. The van der Waals surface area contributed by atoms with E-state index in [1.54, 1.807) is 0 Å². The van der Waals surface area contributed by atoms with E-state index >= 15 is 0 Å². The van der Waals surface area contributed by atoms with Crippen molar-refractivity contribution in [3.8, 4) is 5.75 Å². The third kappa shape index (κ3) is 5.27. The Morgan fingerprint density at radius 2 is 1.90 bits per heavy atom. The SMILES string of the molecule is CC1CC(Nc2ccc(OCCC(N)=O)cc2)CC(C)O1. The van der Waals surface area contributed by atoms with Crippen LogP contribution in [0.3, 0.4) is 0 Å². The molecule has 2 rings (SSSR count). The van der Waals surface area contributed by atoms with E-state index in [0.717, 1.165) is 24.3 Å². The molecule has 1 fully saturated rings. The van der Waals surface area contributed by atoms with E-state index in [1.165, 1.54) is 0 Å². The van der Waals surface area contributed by atoms with Crippen LogP contribution in [0.2, 0.25) is 0 Å². The van der Waals surface area contributed by atoms with Crippen LogP contribution in [0.5, 0.6) is 5.75 Å². The first-order valence-corrected chi connectivity index (χ1v) is 7.46. The average Bonchev–Trinajstić information content (AvgIpc) is 2.39. The summed E-state index contributed by atoms with van der Waals surface area (Å²) in [4.78, 5) is 10.6. The summed E-state index contributed by atoms with van der Waals surface area (Å²) in [6.07, 6.45) is 2.85. The zero-order chi connectivity index (χ0) is 15.2. The predicted molar refractivity (Wildman–Crippen MR) is 82.4 cm³/mol. The average molecular weight is 292 g/mol. The Morgan fingerprint density at radius 1 is 1.29 bits per heavy atom. The van der Waals surface area contributed by atoms with Gasteiger partial charge in [-0.05, 0) is 51.0 Å². The molecule has 21 heavy (non-hydrogen) atoms. The van der Waals surface area contributed by atoms with Gasteiger partial charge in [0.15, 0.2) is 0 Å². The zero-order valence-electron chi connectivity index (χ0n) is 12.7. The summed E-state index contributed by atoms with van der Waals surface area (Å²) in [6, 6.07) is 8.21. The highest BCUT2D eigenvalue weighted by atomic mass is 16.5. The predicted octanol–water partition coefficient (Wildman–Crippen LogP) is 2.31. The molecule has 1 aromatic carbocycles. The molecular weight excluding hydrogens is 268 g/mol. The molecule has 1 amide bonds. The van der Waals surface area contributed by atoms with E-state index in [-0.39, 0.29) is 12.3 Å². The van der Waals surface area contributed by atoms with Gasteiger partial charge in [-0.15, -0.1) is 0 Å². The number of rotatable bonds is 6. The number of carbonyl (C=O) groups excluding carboxylic acids is 1. The van der Waals surface area contributed by atoms with Gasteiger partial charge in [-0.25, -0.2) is 0 Å². The van der Waals surface area contributed by atoms with Crippen molar-refractivity contribution in [1.29, 1.82) is 0 Å². The number of ether oxygens (including phenoxy) is 2. The van der Waals surface area contributed by atoms with E-state index in [1.807, 2.05) is 24.3 Å². The maximum absolute atomic E-state index is 10.6. The van der Waals surface area contributed by atoms with Crippen LogP contribution in [0.1, 0.15) is 33.1 Å². The van der Waals surface area contributed by atoms with Crippen LogP contribution in [0.4, 0.5) is 5.69 Å². The summed E-state index contributed by atoms with van der Waals surface area (Å²) in [5.41, 5.74) is 6.14. The van der Waals surface area contributed by atoms with Gasteiger partial charge in [0, 0.05) is 11.7 Å². The van der Waals surface area contributed by atoms with Crippen molar-refractivity contribution in [2.24, 2.45) is 5.73 Å². The smallest absolute Gasteiger partial charge is 0.220 e. The first-order chi connectivity index (χ1) is 10.0. The largest absolute Gasteiger partial charge is 0.493 e. The van der Waals surface area contributed by atoms with E-state index in [0.29, 0.717) is 24.9 Å². The fourth-order valence-corrected chi connectivity index (χ4v) is 2.68. The second-order valence-electron chi connectivity index (χ2n) is 5.66. The standard InChI is InChI=1S/C16H24N2O3/c1-11-9-14(10-12(2)21-11)18-13-3-5-15(6-4-13)20-8-7-16(17)19/h3-6,11-12,14,18H,7-10H2,1-2H3,(H2,17,19). The summed E-state index contributed by atoms with van der Waals surface area (Å²) >= 11 is 0. The molecule has 1 heterocycles. The molecule has 1 aliphatic rings. The number of anilines is 1. The fraction of sp³-hybridized carbons (Fsp3) is 0.562. The summed E-state index contributed by atoms with van der Waals surface area (Å²) in [6.45, 7) is 4.54. The van der Waals surface area contributed by atoms with Crippen LogP contribution in [-0.2, 0) is 9.53 Å². The van der Waals surface area contributed by atoms with Crippen molar-refractivity contribution in [2.75, 3.05) is 11.9 Å². The molecule has 0 saturated carbocycles. The Kier molecular flexibility index (Phi) is 5.44. The van der Waals surface area contributed by atoms with Crippen molar-refractivity contribution in [3.63, 3.8) is 0 Å². The number of hydrogen-bond acceptors (Lipinski definition) is 4. The Labute approximate surface area is 125 Å². The maximum Gasteiger partial charge on any atom is 0.220 e. The van der Waals surface area contributed by atoms with Crippen LogP contribution in [-0.4, -0.2) is 30.8 Å². The van der Waals surface area contributed by atoms with Gasteiger partial charge in [-0.3, -0.25) is 4.79 Å². The third-order valence-corrected chi connectivity index (χ3v) is 3.54. The van der Waals surface area contributed by atoms with Gasteiger partial charge in [0.2, 0.25) is 5.91 Å². The van der Waals surface area contributed by atoms with Crippen molar-refractivity contribution in [2.45, 2.75) is 51.4 Å². The highest BCUT2D eigenvalue weighted by Gasteiger charge is 2.24. The highest BCUT2D eigenvalue weighted by Crippen LogP contribution is 2.23. The minimum absolute atomic E-state index is 0.234. The lowest BCUT2D eigenvalue weighted by Gasteiger charge is -2.33. The summed E-state index contributed by atoms with van der Waals surface area (Å²) in [5, 5.41) is 3.53. The molecule has 5 nitrogen and oxygen atoms in total. The van der Waals surface area contributed by atoms with E-state index in [2.05, 4.69) is 19.2 Å². The second kappa shape index (κ2) is 7.31. The number of carbonyl (C=O) groups is 1. The van der Waals surface area contributed by atoms with Gasteiger partial charge in [0.1, 0.15) is 5.75 Å². The molecular formula is C16H24N2O3. The van der Waals surface area contributed by atoms with Gasteiger partial charge in [0.05, 0.1) is 25.2 Å². The molecule has 5 heteroatoms. The van der Waals surface area contributed by atoms with Gasteiger partial charge in [-0.1, -0.05) is 0 Å². The number of primary amides is 1. The first-order valence-electron chi connectivity index (χ1n) is 7.46. The third-order valence-electron chi connectivity index (χ3n) is 3.54. The van der Waals surface area contributed by atoms with Crippen molar-refractivity contribution >= 4 is 11.6 Å². The van der Waals surface area contributed by atoms with Crippen LogP contribution in [0, 0.1) is 0 Å². The number of nitrogens with two attached hydrogens (primary N) is 1. The van der Waals surface area contributed by atoms with Gasteiger partial charge < -0.3 is 20.5 Å². The first kappa shape index (κ1) is 15.6. The second-order valence-corrected chi connectivity index (χ2v) is 5.66. The quantitative estimate of drug-likeness (QED) is 0.844.